The molecule has 0 aromatic carbocycles. The molecule has 22 heavy (non-hydrogen) atoms. The van der Waals surface area contributed by atoms with E-state index in [4.69, 9.17) is 10.7 Å². The molecule has 0 unspecified atom stereocenters. The number of nitrogens with one attached hydrogen (secondary N) is 1. The topological polar surface area (TPSA) is 63.8 Å². The third kappa shape index (κ3) is 3.36. The molecule has 0 bridgehead atoms. The van der Waals surface area contributed by atoms with Crippen LogP contribution in [0.5, 0.6) is 0 Å². The van der Waals surface area contributed by atoms with E-state index in [1.807, 2.05) is 6.07 Å². The van der Waals surface area contributed by atoms with Crippen LogP contribution in [0.1, 0.15) is 49.6 Å². The lowest BCUT2D eigenvalue weighted by Crippen LogP contribution is -2.34. The summed E-state index contributed by atoms with van der Waals surface area (Å²) in [7, 11) is 2.07. The first-order chi connectivity index (χ1) is 10.6. The van der Waals surface area contributed by atoms with Crippen molar-refractivity contribution in [2.24, 2.45) is 5.92 Å². The maximum absolute atomic E-state index is 9.07. The molecule has 1 heterocycles. The van der Waals surface area contributed by atoms with Crippen molar-refractivity contribution in [2.45, 2.75) is 45.1 Å². The highest BCUT2D eigenvalue weighted by Crippen LogP contribution is 2.30. The zero-order valence-corrected chi connectivity index (χ0v) is 13.5. The second-order valence-corrected chi connectivity index (χ2v) is 5.96. The van der Waals surface area contributed by atoms with Crippen molar-refractivity contribution < 1.29 is 0 Å². The minimum absolute atomic E-state index is 0.434. The summed E-state index contributed by atoms with van der Waals surface area (Å²) in [6, 6.07) is 6.30. The number of nitriles is 1. The summed E-state index contributed by atoms with van der Waals surface area (Å²) in [5.41, 5.74) is 3.31. The molecule has 1 fully saturated rings. The number of aromatic nitrogens is 1. The molecule has 0 spiro atoms. The number of hydrogen-bond acceptors (Lipinski definition) is 4. The van der Waals surface area contributed by atoms with Crippen LogP contribution in [-0.2, 0) is 6.42 Å². The van der Waals surface area contributed by atoms with Crippen molar-refractivity contribution in [3.63, 3.8) is 0 Å². The van der Waals surface area contributed by atoms with Gasteiger partial charge in [-0.25, -0.2) is 4.98 Å². The van der Waals surface area contributed by atoms with Crippen molar-refractivity contribution in [1.29, 1.82) is 10.7 Å². The van der Waals surface area contributed by atoms with E-state index in [-0.39, 0.29) is 0 Å². The van der Waals surface area contributed by atoms with Gasteiger partial charge in [0.15, 0.2) is 0 Å². The van der Waals surface area contributed by atoms with Crippen LogP contribution in [0.25, 0.3) is 5.70 Å². The monoisotopic (exact) mass is 296 g/mol. The Labute approximate surface area is 133 Å². The Bertz CT molecular complexity index is 592. The number of hydrogen-bond donors (Lipinski definition) is 1. The molecule has 0 amide bonds. The van der Waals surface area contributed by atoms with Crippen LogP contribution < -0.4 is 0 Å². The van der Waals surface area contributed by atoms with E-state index in [2.05, 4.69) is 36.5 Å². The molecule has 4 heteroatoms. The first kappa shape index (κ1) is 16.2. The predicted octanol–water partition coefficient (Wildman–Crippen LogP) is 3.63. The van der Waals surface area contributed by atoms with Gasteiger partial charge < -0.3 is 10.3 Å². The van der Waals surface area contributed by atoms with E-state index in [1.54, 1.807) is 12.3 Å². The van der Waals surface area contributed by atoms with Gasteiger partial charge >= 0.3 is 0 Å². The highest BCUT2D eigenvalue weighted by molar-refractivity contribution is 5.62. The molecular weight excluding hydrogens is 272 g/mol. The van der Waals surface area contributed by atoms with Crippen LogP contribution in [-0.4, -0.2) is 29.2 Å². The van der Waals surface area contributed by atoms with Gasteiger partial charge in [-0.15, -0.1) is 0 Å². The van der Waals surface area contributed by atoms with Crippen molar-refractivity contribution in [3.05, 3.63) is 35.7 Å². The summed E-state index contributed by atoms with van der Waals surface area (Å²) in [6.07, 6.45) is 6.75. The molecule has 4 nitrogen and oxygen atoms in total. The number of aryl methyl sites for hydroxylation is 1. The Kier molecular flexibility index (Phi) is 5.32. The van der Waals surface area contributed by atoms with Gasteiger partial charge in [-0.1, -0.05) is 19.6 Å². The molecule has 0 atom stereocenters. The van der Waals surface area contributed by atoms with Crippen LogP contribution in [0.15, 0.2) is 18.7 Å². The third-order valence-electron chi connectivity index (χ3n) is 4.70. The number of nitrogens with zero attached hydrogens (tertiary/aromatic N) is 3. The number of rotatable bonds is 5. The summed E-state index contributed by atoms with van der Waals surface area (Å²) in [4.78, 5) is 6.68. The molecule has 1 aliphatic carbocycles. The Morgan fingerprint density at radius 3 is 2.68 bits per heavy atom. The van der Waals surface area contributed by atoms with E-state index in [0.29, 0.717) is 17.7 Å². The lowest BCUT2D eigenvalue weighted by atomic mass is 9.86. The lowest BCUT2D eigenvalue weighted by molar-refractivity contribution is 0.248. The summed E-state index contributed by atoms with van der Waals surface area (Å²) in [5.74, 6) is 0.434. The fourth-order valence-electron chi connectivity index (χ4n) is 3.13. The van der Waals surface area contributed by atoms with Gasteiger partial charge in [0.2, 0.25) is 0 Å². The number of pyridine rings is 1. The van der Waals surface area contributed by atoms with E-state index in [9.17, 15) is 0 Å². The maximum atomic E-state index is 9.07. The second kappa shape index (κ2) is 7.22. The molecule has 116 valence electrons. The Balaban J connectivity index is 2.17. The minimum Gasteiger partial charge on any atom is -0.370 e. The highest BCUT2D eigenvalue weighted by atomic mass is 15.1. The summed E-state index contributed by atoms with van der Waals surface area (Å²) < 4.78 is 0. The summed E-state index contributed by atoms with van der Waals surface area (Å²) in [6.45, 7) is 6.32. The maximum Gasteiger partial charge on any atom is 0.141 e. The Hall–Kier alpha value is -2.15. The van der Waals surface area contributed by atoms with Crippen molar-refractivity contribution in [2.75, 3.05) is 7.05 Å². The average molecular weight is 296 g/mol. The molecule has 1 aromatic rings. The molecule has 1 N–H and O–H groups in total. The van der Waals surface area contributed by atoms with Gasteiger partial charge in [-0.05, 0) is 55.9 Å². The fourth-order valence-corrected chi connectivity index (χ4v) is 3.13. The fraction of sp³-hybridized carbons (Fsp3) is 0.500. The van der Waals surface area contributed by atoms with Gasteiger partial charge in [0.05, 0.1) is 11.4 Å². The van der Waals surface area contributed by atoms with Crippen molar-refractivity contribution in [3.8, 4) is 6.07 Å². The first-order valence-corrected chi connectivity index (χ1v) is 7.93. The van der Waals surface area contributed by atoms with Gasteiger partial charge in [0.1, 0.15) is 11.8 Å². The van der Waals surface area contributed by atoms with Crippen LogP contribution >= 0.6 is 0 Å². The van der Waals surface area contributed by atoms with E-state index in [0.717, 1.165) is 49.1 Å². The largest absolute Gasteiger partial charge is 0.370 e. The first-order valence-electron chi connectivity index (χ1n) is 7.93. The molecule has 0 radical (unpaired) electrons. The van der Waals surface area contributed by atoms with Crippen molar-refractivity contribution >= 4 is 11.9 Å². The molecule has 0 aliphatic heterocycles. The zero-order chi connectivity index (χ0) is 16.1. The van der Waals surface area contributed by atoms with Gasteiger partial charge in [-0.2, -0.15) is 5.26 Å². The quantitative estimate of drug-likeness (QED) is 0.844. The van der Waals surface area contributed by atoms with Crippen LogP contribution in [0.2, 0.25) is 0 Å². The van der Waals surface area contributed by atoms with Gasteiger partial charge in [-0.3, -0.25) is 0 Å². The van der Waals surface area contributed by atoms with Crippen LogP contribution in [0.4, 0.5) is 0 Å². The molecule has 1 saturated carbocycles. The van der Waals surface area contributed by atoms with Gasteiger partial charge in [0, 0.05) is 13.1 Å². The molecule has 1 aromatic heterocycles. The minimum atomic E-state index is 0.434. The summed E-state index contributed by atoms with van der Waals surface area (Å²) >= 11 is 0. The highest BCUT2D eigenvalue weighted by Gasteiger charge is 2.25. The standard InChI is InChI=1S/C18H24N4/c1-4-15-7-8-16(12-20)21-18(15)13(2)22(3)17-9-5-14(11-19)6-10-17/h7-8,11,14,17,19H,2,4-6,9-10H2,1,3H3. The molecule has 0 saturated heterocycles. The normalized spacial score (nSPS) is 21.0. The average Bonchev–Trinajstić information content (AvgIpc) is 2.59. The van der Waals surface area contributed by atoms with E-state index in [1.165, 1.54) is 0 Å². The Morgan fingerprint density at radius 2 is 2.14 bits per heavy atom. The second-order valence-electron chi connectivity index (χ2n) is 5.96. The molecular formula is C18H24N4. The SMILES string of the molecule is C=C(c1nc(C#N)ccc1CC)N(C)C1CCC(C=N)CC1. The van der Waals surface area contributed by atoms with E-state index < -0.39 is 0 Å². The third-order valence-corrected chi connectivity index (χ3v) is 4.70. The molecule has 1 aliphatic rings. The van der Waals surface area contributed by atoms with E-state index >= 15 is 0 Å². The predicted molar refractivity (Wildman–Crippen MR) is 89.7 cm³/mol. The van der Waals surface area contributed by atoms with Crippen molar-refractivity contribution in [1.82, 2.24) is 9.88 Å². The zero-order valence-electron chi connectivity index (χ0n) is 13.5. The molecule has 2 rings (SSSR count). The lowest BCUT2D eigenvalue weighted by Gasteiger charge is -2.36. The summed E-state index contributed by atoms with van der Waals surface area (Å²) in [5, 5.41) is 16.5. The smallest absolute Gasteiger partial charge is 0.141 e. The Morgan fingerprint density at radius 1 is 1.45 bits per heavy atom. The van der Waals surface area contributed by atoms with Crippen LogP contribution in [0, 0.1) is 22.7 Å². The van der Waals surface area contributed by atoms with Gasteiger partial charge in [0.25, 0.3) is 0 Å². The van der Waals surface area contributed by atoms with Crippen LogP contribution in [0.3, 0.4) is 0 Å².